The molecular formula is C15H18N2O2S2. The molecule has 2 aromatic rings. The average molecular weight is 322 g/mol. The molecule has 6 heteroatoms. The van der Waals surface area contributed by atoms with E-state index in [-0.39, 0.29) is 5.56 Å². The molecule has 1 aromatic carbocycles. The summed E-state index contributed by atoms with van der Waals surface area (Å²) in [4.78, 5) is 18.9. The Bertz CT molecular complexity index is 644. The summed E-state index contributed by atoms with van der Waals surface area (Å²) in [6.07, 6.45) is 0. The van der Waals surface area contributed by atoms with E-state index >= 15 is 0 Å². The van der Waals surface area contributed by atoms with E-state index in [1.807, 2.05) is 24.3 Å². The van der Waals surface area contributed by atoms with Crippen LogP contribution in [0.15, 0.2) is 40.3 Å². The summed E-state index contributed by atoms with van der Waals surface area (Å²) in [6.45, 7) is 2.09. The molecule has 4 nitrogen and oxygen atoms in total. The van der Waals surface area contributed by atoms with E-state index in [1.165, 1.54) is 11.8 Å². The van der Waals surface area contributed by atoms with Crippen molar-refractivity contribution in [1.82, 2.24) is 9.97 Å². The third-order valence-electron chi connectivity index (χ3n) is 2.74. The molecule has 0 unspecified atom stereocenters. The monoisotopic (exact) mass is 322 g/mol. The lowest BCUT2D eigenvalue weighted by molar-refractivity contribution is 0.414. The lowest BCUT2D eigenvalue weighted by Crippen LogP contribution is -2.09. The number of methoxy groups -OCH3 is 1. The number of H-pyrrole nitrogens is 1. The van der Waals surface area contributed by atoms with Crippen molar-refractivity contribution < 1.29 is 4.74 Å². The van der Waals surface area contributed by atoms with E-state index in [9.17, 15) is 4.79 Å². The van der Waals surface area contributed by atoms with Gasteiger partial charge in [0, 0.05) is 17.6 Å². The summed E-state index contributed by atoms with van der Waals surface area (Å²) < 4.78 is 5.20. The van der Waals surface area contributed by atoms with Gasteiger partial charge in [-0.05, 0) is 23.4 Å². The minimum atomic E-state index is -0.0927. The Balaban J connectivity index is 2.05. The molecule has 0 fully saturated rings. The van der Waals surface area contributed by atoms with Gasteiger partial charge in [0.05, 0.1) is 12.8 Å². The lowest BCUT2D eigenvalue weighted by Gasteiger charge is -2.05. The van der Waals surface area contributed by atoms with Crippen LogP contribution in [0.2, 0.25) is 0 Å². The summed E-state index contributed by atoms with van der Waals surface area (Å²) >= 11 is 3.28. The van der Waals surface area contributed by atoms with Gasteiger partial charge in [-0.2, -0.15) is 11.8 Å². The smallest absolute Gasteiger partial charge is 0.251 e. The molecule has 1 heterocycles. The maximum absolute atomic E-state index is 11.6. The first kappa shape index (κ1) is 16.0. The van der Waals surface area contributed by atoms with Crippen molar-refractivity contribution in [3.8, 4) is 5.75 Å². The summed E-state index contributed by atoms with van der Waals surface area (Å²) in [6, 6.07) is 9.46. The molecule has 0 atom stereocenters. The van der Waals surface area contributed by atoms with Gasteiger partial charge in [-0.25, -0.2) is 4.98 Å². The summed E-state index contributed by atoms with van der Waals surface area (Å²) in [7, 11) is 1.65. The van der Waals surface area contributed by atoms with Crippen LogP contribution in [0.5, 0.6) is 5.75 Å². The number of hydrogen-bond acceptors (Lipinski definition) is 5. The van der Waals surface area contributed by atoms with Crippen LogP contribution >= 0.6 is 23.5 Å². The fourth-order valence-electron chi connectivity index (χ4n) is 1.75. The van der Waals surface area contributed by atoms with Gasteiger partial charge >= 0.3 is 0 Å². The van der Waals surface area contributed by atoms with Gasteiger partial charge in [-0.15, -0.1) is 0 Å². The van der Waals surface area contributed by atoms with Gasteiger partial charge in [-0.1, -0.05) is 30.8 Å². The molecular weight excluding hydrogens is 304 g/mol. The maximum atomic E-state index is 11.6. The van der Waals surface area contributed by atoms with Crippen LogP contribution in [-0.4, -0.2) is 22.8 Å². The topological polar surface area (TPSA) is 55.0 Å². The van der Waals surface area contributed by atoms with Crippen LogP contribution < -0.4 is 10.3 Å². The highest BCUT2D eigenvalue weighted by atomic mass is 32.2. The number of benzene rings is 1. The summed E-state index contributed by atoms with van der Waals surface area (Å²) in [5.74, 6) is 3.36. The molecule has 0 aliphatic carbocycles. The maximum Gasteiger partial charge on any atom is 0.251 e. The number of hydrogen-bond donors (Lipinski definition) is 1. The first-order chi connectivity index (χ1) is 10.2. The zero-order valence-corrected chi connectivity index (χ0v) is 13.7. The van der Waals surface area contributed by atoms with E-state index < -0.39 is 0 Å². The highest BCUT2D eigenvalue weighted by Crippen LogP contribution is 2.22. The van der Waals surface area contributed by atoms with Crippen molar-refractivity contribution in [3.63, 3.8) is 0 Å². The lowest BCUT2D eigenvalue weighted by atomic mass is 10.2. The Morgan fingerprint density at radius 3 is 2.90 bits per heavy atom. The number of thioether (sulfide) groups is 2. The van der Waals surface area contributed by atoms with E-state index in [4.69, 9.17) is 4.74 Å². The molecule has 0 amide bonds. The molecule has 0 aliphatic rings. The van der Waals surface area contributed by atoms with Gasteiger partial charge in [0.15, 0.2) is 5.16 Å². The quantitative estimate of drug-likeness (QED) is 0.626. The van der Waals surface area contributed by atoms with Crippen molar-refractivity contribution >= 4 is 23.5 Å². The van der Waals surface area contributed by atoms with Crippen molar-refractivity contribution in [3.05, 3.63) is 51.9 Å². The van der Waals surface area contributed by atoms with Crippen molar-refractivity contribution in [2.24, 2.45) is 0 Å². The van der Waals surface area contributed by atoms with Crippen molar-refractivity contribution in [2.75, 3.05) is 12.9 Å². The summed E-state index contributed by atoms with van der Waals surface area (Å²) in [5.41, 5.74) is 1.87. The number of aromatic amines is 1. The number of rotatable bonds is 7. The van der Waals surface area contributed by atoms with Gasteiger partial charge in [0.25, 0.3) is 5.56 Å². The van der Waals surface area contributed by atoms with Crippen LogP contribution in [0.25, 0.3) is 0 Å². The van der Waals surface area contributed by atoms with Gasteiger partial charge in [-0.3, -0.25) is 4.79 Å². The molecule has 0 aliphatic heterocycles. The molecule has 0 radical (unpaired) electrons. The Morgan fingerprint density at radius 2 is 2.14 bits per heavy atom. The molecule has 0 spiro atoms. The predicted molar refractivity (Wildman–Crippen MR) is 89.2 cm³/mol. The van der Waals surface area contributed by atoms with Crippen LogP contribution in [-0.2, 0) is 11.5 Å². The van der Waals surface area contributed by atoms with E-state index in [0.29, 0.717) is 5.16 Å². The molecule has 0 bridgehead atoms. The minimum absolute atomic E-state index is 0.0927. The van der Waals surface area contributed by atoms with Crippen LogP contribution in [0, 0.1) is 0 Å². The average Bonchev–Trinajstić information content (AvgIpc) is 2.50. The molecule has 2 rings (SSSR count). The van der Waals surface area contributed by atoms with E-state index in [1.54, 1.807) is 24.9 Å². The second-order valence-electron chi connectivity index (χ2n) is 4.32. The molecule has 1 aromatic heterocycles. The molecule has 21 heavy (non-hydrogen) atoms. The molecule has 1 N–H and O–H groups in total. The van der Waals surface area contributed by atoms with Crippen molar-refractivity contribution in [1.29, 1.82) is 0 Å². The van der Waals surface area contributed by atoms with Gasteiger partial charge in [0.2, 0.25) is 0 Å². The SMILES string of the molecule is CCSCc1cc(=O)[nH]c(SCc2cccc(OC)c2)n1. The number of nitrogens with one attached hydrogen (secondary N) is 1. The number of aromatic nitrogens is 2. The Morgan fingerprint density at radius 1 is 1.29 bits per heavy atom. The van der Waals surface area contributed by atoms with E-state index in [0.717, 1.165) is 34.3 Å². The Hall–Kier alpha value is -1.40. The first-order valence-corrected chi connectivity index (χ1v) is 8.79. The first-order valence-electron chi connectivity index (χ1n) is 6.65. The van der Waals surface area contributed by atoms with Gasteiger partial charge < -0.3 is 9.72 Å². The number of nitrogens with zero attached hydrogens (tertiary/aromatic N) is 1. The fraction of sp³-hybridized carbons (Fsp3) is 0.333. The standard InChI is InChI=1S/C15H18N2O2S2/c1-3-20-10-12-8-14(18)17-15(16-12)21-9-11-5-4-6-13(7-11)19-2/h4-8H,3,9-10H2,1-2H3,(H,16,17,18). The van der Waals surface area contributed by atoms with E-state index in [2.05, 4.69) is 16.9 Å². The Labute approximate surface area is 132 Å². The van der Waals surface area contributed by atoms with Crippen LogP contribution in [0.4, 0.5) is 0 Å². The van der Waals surface area contributed by atoms with Crippen LogP contribution in [0.1, 0.15) is 18.2 Å². The molecule has 0 saturated heterocycles. The normalized spacial score (nSPS) is 10.6. The minimum Gasteiger partial charge on any atom is -0.497 e. The third kappa shape index (κ3) is 5.13. The highest BCUT2D eigenvalue weighted by Gasteiger charge is 2.04. The molecule has 0 saturated carbocycles. The fourth-order valence-corrected chi connectivity index (χ4v) is 3.14. The second-order valence-corrected chi connectivity index (χ2v) is 6.56. The summed E-state index contributed by atoms with van der Waals surface area (Å²) in [5, 5.41) is 0.664. The molecule has 112 valence electrons. The zero-order valence-electron chi connectivity index (χ0n) is 12.1. The van der Waals surface area contributed by atoms with Gasteiger partial charge in [0.1, 0.15) is 5.75 Å². The predicted octanol–water partition coefficient (Wildman–Crippen LogP) is 3.32. The number of ether oxygens (including phenoxy) is 1. The zero-order chi connectivity index (χ0) is 15.1. The highest BCUT2D eigenvalue weighted by molar-refractivity contribution is 7.98. The van der Waals surface area contributed by atoms with Crippen molar-refractivity contribution in [2.45, 2.75) is 23.6 Å². The Kier molecular flexibility index (Phi) is 6.20. The third-order valence-corrected chi connectivity index (χ3v) is 4.59. The van der Waals surface area contributed by atoms with Crippen LogP contribution in [0.3, 0.4) is 0 Å². The largest absolute Gasteiger partial charge is 0.497 e. The second kappa shape index (κ2) is 8.14.